The summed E-state index contributed by atoms with van der Waals surface area (Å²) in [5.74, 6) is -4.66. The number of aliphatic hydroxyl groups excluding tert-OH is 1. The maximum Gasteiger partial charge on any atom is 0.230 e. The van der Waals surface area contributed by atoms with E-state index in [1.807, 2.05) is 0 Å². The number of sulfonamides is 1. The molecule has 2 fully saturated rings. The Balaban J connectivity index is 1.81. The number of carbonyl (C=O) groups excluding carboxylic acids is 4. The molecule has 0 bridgehead atoms. The Morgan fingerprint density at radius 1 is 1.19 bits per heavy atom. The molecule has 0 radical (unpaired) electrons. The molecule has 0 aliphatic heterocycles. The highest BCUT2D eigenvalue weighted by atomic mass is 32.2. The van der Waals surface area contributed by atoms with Gasteiger partial charge < -0.3 is 30.9 Å². The van der Waals surface area contributed by atoms with Gasteiger partial charge >= 0.3 is 0 Å². The number of anilines is 1. The van der Waals surface area contributed by atoms with Crippen molar-refractivity contribution in [3.05, 3.63) is 22.8 Å². The number of nitrogens with zero attached hydrogens (tertiary/aromatic N) is 2. The summed E-state index contributed by atoms with van der Waals surface area (Å²) in [5.41, 5.74) is 3.50. The van der Waals surface area contributed by atoms with Gasteiger partial charge in [-0.15, -0.1) is 0 Å². The molecule has 2 saturated carbocycles. The van der Waals surface area contributed by atoms with E-state index in [0.29, 0.717) is 11.3 Å². The summed E-state index contributed by atoms with van der Waals surface area (Å²) in [6.07, 6.45) is -1.44. The Morgan fingerprint density at radius 3 is 2.35 bits per heavy atom. The summed E-state index contributed by atoms with van der Waals surface area (Å²) in [4.78, 5) is 57.0. The molecule has 3 unspecified atom stereocenters. The van der Waals surface area contributed by atoms with Gasteiger partial charge in [0.25, 0.3) is 0 Å². The van der Waals surface area contributed by atoms with E-state index in [-0.39, 0.29) is 30.5 Å². The largest absolute Gasteiger partial charge is 0.506 e. The average molecular weight is 619 g/mol. The molecule has 234 valence electrons. The second kappa shape index (κ2) is 11.3. The van der Waals surface area contributed by atoms with Crippen molar-refractivity contribution in [2.45, 2.75) is 49.7 Å². The van der Waals surface area contributed by atoms with E-state index in [0.717, 1.165) is 0 Å². The Hall–Kier alpha value is -3.35. The molecular formula is C29H38N4O9S. The minimum atomic E-state index is -3.58. The number of nitrogens with one attached hydrogen (secondary N) is 1. The van der Waals surface area contributed by atoms with Crippen LogP contribution < -0.4 is 15.4 Å². The fourth-order valence-electron chi connectivity index (χ4n) is 6.81. The number of carbonyl (C=O) groups is 4. The predicted molar refractivity (Wildman–Crippen MR) is 156 cm³/mol. The zero-order chi connectivity index (χ0) is 32.3. The van der Waals surface area contributed by atoms with Gasteiger partial charge in [0.1, 0.15) is 11.7 Å². The lowest BCUT2D eigenvalue weighted by molar-refractivity contribution is -0.190. The number of ketones is 3. The zero-order valence-electron chi connectivity index (χ0n) is 24.9. The van der Waals surface area contributed by atoms with Crippen LogP contribution in [0.5, 0.6) is 5.75 Å². The number of nitrogens with two attached hydrogens (primary N) is 1. The van der Waals surface area contributed by atoms with Crippen molar-refractivity contribution in [3.63, 3.8) is 0 Å². The SMILES string of the molecule is CC(C)S(=O)(=O)NCC#Cc1cc(N(C)C)c2c(c1O)C(=O)C1C(=O)[C@@]3(O)C(=O)C(C(N)=O)C(O)[C@H](N(C)C)[C@H]3C[C@H]1C2. The molecule has 14 heteroatoms. The molecule has 0 spiro atoms. The van der Waals surface area contributed by atoms with Gasteiger partial charge in [-0.3, -0.25) is 19.2 Å². The molecular weight excluding hydrogens is 580 g/mol. The van der Waals surface area contributed by atoms with E-state index in [4.69, 9.17) is 5.73 Å². The summed E-state index contributed by atoms with van der Waals surface area (Å²) in [7, 11) is 3.03. The van der Waals surface area contributed by atoms with Crippen molar-refractivity contribution in [2.75, 3.05) is 39.6 Å². The normalized spacial score (nSPS) is 30.3. The quantitative estimate of drug-likeness (QED) is 0.181. The number of phenols is 1. The molecule has 6 N–H and O–H groups in total. The summed E-state index contributed by atoms with van der Waals surface area (Å²) < 4.78 is 26.4. The molecule has 1 amide bonds. The molecule has 3 aliphatic rings. The molecule has 13 nitrogen and oxygen atoms in total. The number of primary amides is 1. The monoisotopic (exact) mass is 618 g/mol. The summed E-state index contributed by atoms with van der Waals surface area (Å²) in [6, 6.07) is 0.579. The van der Waals surface area contributed by atoms with E-state index in [1.165, 1.54) is 18.7 Å². The molecule has 0 saturated heterocycles. The van der Waals surface area contributed by atoms with Crippen molar-refractivity contribution in [1.82, 2.24) is 9.62 Å². The Labute approximate surface area is 250 Å². The van der Waals surface area contributed by atoms with Gasteiger partial charge in [-0.05, 0) is 58.3 Å². The number of benzene rings is 1. The number of Topliss-reactive ketones (excluding diaryl/α,β-unsaturated/α-hetero) is 3. The summed E-state index contributed by atoms with van der Waals surface area (Å²) in [6.45, 7) is 2.77. The average Bonchev–Trinajstić information content (AvgIpc) is 2.89. The topological polar surface area (TPSA) is 208 Å². The highest BCUT2D eigenvalue weighted by Gasteiger charge is 2.69. The highest BCUT2D eigenvalue weighted by molar-refractivity contribution is 7.90. The fraction of sp³-hybridized carbons (Fsp3) is 0.586. The van der Waals surface area contributed by atoms with Crippen LogP contribution in [0.4, 0.5) is 5.69 Å². The van der Waals surface area contributed by atoms with Gasteiger partial charge in [-0.25, -0.2) is 13.1 Å². The first kappa shape index (κ1) is 32.6. The third-order valence-electron chi connectivity index (χ3n) is 8.95. The Morgan fingerprint density at radius 2 is 1.81 bits per heavy atom. The number of hydrogen-bond acceptors (Lipinski definition) is 11. The number of phenolic OH excluding ortho intramolecular Hbond substituents is 1. The number of rotatable bonds is 6. The van der Waals surface area contributed by atoms with Crippen LogP contribution in [0.2, 0.25) is 0 Å². The second-order valence-corrected chi connectivity index (χ2v) is 14.5. The third kappa shape index (κ3) is 5.12. The summed E-state index contributed by atoms with van der Waals surface area (Å²) >= 11 is 0. The second-order valence-electron chi connectivity index (χ2n) is 12.2. The number of amides is 1. The Kier molecular flexibility index (Phi) is 8.55. The lowest BCUT2D eigenvalue weighted by Crippen LogP contribution is -2.75. The zero-order valence-corrected chi connectivity index (χ0v) is 25.7. The first-order valence-electron chi connectivity index (χ1n) is 13.9. The van der Waals surface area contributed by atoms with Crippen LogP contribution in [0.25, 0.3) is 0 Å². The summed E-state index contributed by atoms with van der Waals surface area (Å²) in [5, 5.41) is 33.3. The van der Waals surface area contributed by atoms with Crippen molar-refractivity contribution in [2.24, 2.45) is 29.4 Å². The van der Waals surface area contributed by atoms with Crippen LogP contribution in [0, 0.1) is 35.5 Å². The smallest absolute Gasteiger partial charge is 0.230 e. The van der Waals surface area contributed by atoms with E-state index in [1.54, 1.807) is 39.2 Å². The lowest BCUT2D eigenvalue weighted by Gasteiger charge is -2.55. The molecule has 0 aromatic heterocycles. The number of aliphatic hydroxyl groups is 2. The van der Waals surface area contributed by atoms with Crippen molar-refractivity contribution in [1.29, 1.82) is 0 Å². The van der Waals surface area contributed by atoms with Gasteiger partial charge in [0, 0.05) is 31.7 Å². The molecule has 0 heterocycles. The first-order valence-corrected chi connectivity index (χ1v) is 15.4. The van der Waals surface area contributed by atoms with Gasteiger partial charge in [0.2, 0.25) is 15.9 Å². The maximum atomic E-state index is 14.1. The van der Waals surface area contributed by atoms with Crippen LogP contribution in [0.15, 0.2) is 6.07 Å². The number of likely N-dealkylation sites (N-methyl/N-ethyl adjacent to an activating group) is 1. The van der Waals surface area contributed by atoms with Crippen LogP contribution in [-0.4, -0.2) is 110 Å². The number of hydrogen-bond donors (Lipinski definition) is 5. The minimum absolute atomic E-state index is 0.000394. The molecule has 1 aromatic rings. The fourth-order valence-corrected chi connectivity index (χ4v) is 7.41. The molecule has 7 atom stereocenters. The van der Waals surface area contributed by atoms with E-state index < -0.39 is 85.7 Å². The van der Waals surface area contributed by atoms with Crippen molar-refractivity contribution in [3.8, 4) is 17.6 Å². The lowest BCUT2D eigenvalue weighted by atomic mass is 9.52. The Bertz CT molecular complexity index is 1560. The minimum Gasteiger partial charge on any atom is -0.506 e. The van der Waals surface area contributed by atoms with Gasteiger partial charge in [-0.2, -0.15) is 0 Å². The maximum absolute atomic E-state index is 14.1. The van der Waals surface area contributed by atoms with Gasteiger partial charge in [-0.1, -0.05) is 11.8 Å². The molecule has 3 aliphatic carbocycles. The van der Waals surface area contributed by atoms with E-state index in [2.05, 4.69) is 16.6 Å². The van der Waals surface area contributed by atoms with E-state index >= 15 is 0 Å². The number of aromatic hydroxyl groups is 1. The predicted octanol–water partition coefficient (Wildman–Crippen LogP) is -1.60. The van der Waals surface area contributed by atoms with Crippen molar-refractivity contribution >= 4 is 39.0 Å². The van der Waals surface area contributed by atoms with Gasteiger partial charge in [0.15, 0.2) is 23.0 Å². The van der Waals surface area contributed by atoms with Crippen LogP contribution in [-0.2, 0) is 30.8 Å². The van der Waals surface area contributed by atoms with Crippen molar-refractivity contribution < 1.29 is 42.9 Å². The van der Waals surface area contributed by atoms with Gasteiger partial charge in [0.05, 0.1) is 34.9 Å². The van der Waals surface area contributed by atoms with Crippen LogP contribution in [0.3, 0.4) is 0 Å². The number of fused-ring (bicyclic) bond motifs is 3. The molecule has 4 rings (SSSR count). The highest BCUT2D eigenvalue weighted by Crippen LogP contribution is 2.52. The van der Waals surface area contributed by atoms with Crippen LogP contribution in [0.1, 0.15) is 41.8 Å². The first-order chi connectivity index (χ1) is 19.9. The standard InChI is InChI=1S/C29H38N4O9S/c1-13(2)43(41,42)31-9-7-8-14-12-18(32(3)4)16-10-15-11-17-22(33(5)6)25(36)21(28(30)39)27(38)29(17,40)26(37)19(15)24(35)20(16)23(14)34/h12-13,15,17,19,21-22,25,31,34,36,40H,9-11H2,1-6H3,(H2,30,39)/t15-,17-,19?,21?,22-,25?,29-/m1/s1. The van der Waals surface area contributed by atoms with Crippen LogP contribution >= 0.6 is 0 Å². The third-order valence-corrected chi connectivity index (χ3v) is 10.7. The van der Waals surface area contributed by atoms with E-state index in [9.17, 15) is 42.9 Å². The molecule has 1 aromatic carbocycles. The molecule has 43 heavy (non-hydrogen) atoms.